The second kappa shape index (κ2) is 9.71. The first-order valence-electron chi connectivity index (χ1n) is 9.21. The molecule has 3 rings (SSSR count). The Morgan fingerprint density at radius 3 is 2.17 bits per heavy atom. The van der Waals surface area contributed by atoms with E-state index >= 15 is 0 Å². The molecule has 0 radical (unpaired) electrons. The van der Waals surface area contributed by atoms with Gasteiger partial charge in [-0.2, -0.15) is 0 Å². The Kier molecular flexibility index (Phi) is 6.81. The summed E-state index contributed by atoms with van der Waals surface area (Å²) in [6, 6.07) is 18.6. The van der Waals surface area contributed by atoms with Crippen molar-refractivity contribution in [3.63, 3.8) is 0 Å². The van der Waals surface area contributed by atoms with Gasteiger partial charge in [0.2, 0.25) is 0 Å². The van der Waals surface area contributed by atoms with Crippen LogP contribution in [0.25, 0.3) is 0 Å². The van der Waals surface area contributed by atoms with Crippen LogP contribution in [0.15, 0.2) is 66.7 Å². The number of benzene rings is 3. The lowest BCUT2D eigenvalue weighted by atomic mass is 10.1. The Balaban J connectivity index is 1.55. The summed E-state index contributed by atoms with van der Waals surface area (Å²) in [6.07, 6.45) is 0. The fourth-order valence-electron chi connectivity index (χ4n) is 2.88. The number of rotatable bonds is 9. The van der Waals surface area contributed by atoms with Gasteiger partial charge in [0.05, 0.1) is 13.1 Å². The monoisotopic (exact) mass is 395 g/mol. The molecule has 2 N–H and O–H groups in total. The van der Waals surface area contributed by atoms with Crippen molar-refractivity contribution in [2.24, 2.45) is 0 Å². The minimum atomic E-state index is -1.17. The van der Waals surface area contributed by atoms with Crippen LogP contribution in [0.2, 0.25) is 0 Å². The smallest absolute Gasteiger partial charge is 0.161 e. The lowest BCUT2D eigenvalue weighted by Crippen LogP contribution is -2.80. The maximum atomic E-state index is 13.0. The molecule has 3 aromatic rings. The predicted molar refractivity (Wildman–Crippen MR) is 104 cm³/mol. The molecule has 3 aromatic carbocycles. The third-order valence-electron chi connectivity index (χ3n) is 4.49. The zero-order valence-electron chi connectivity index (χ0n) is 16.1. The topological polar surface area (TPSA) is 75.2 Å². The number of carboxylic acid groups (broad SMARTS) is 1. The molecule has 0 spiro atoms. The van der Waals surface area contributed by atoms with Gasteiger partial charge in [-0.25, -0.2) is 4.39 Å². The van der Waals surface area contributed by atoms with Gasteiger partial charge in [0.15, 0.2) is 11.5 Å². The van der Waals surface area contributed by atoms with Crippen LogP contribution in [0.1, 0.15) is 27.0 Å². The van der Waals surface area contributed by atoms with E-state index in [1.165, 1.54) is 12.1 Å². The Morgan fingerprint density at radius 2 is 1.52 bits per heavy atom. The highest BCUT2D eigenvalue weighted by Crippen LogP contribution is 2.28. The molecule has 0 saturated heterocycles. The summed E-state index contributed by atoms with van der Waals surface area (Å²) >= 11 is 0. The molecule has 0 aliphatic carbocycles. The first kappa shape index (κ1) is 20.4. The number of methoxy groups -OCH3 is 1. The summed E-state index contributed by atoms with van der Waals surface area (Å²) in [6.45, 7) is 1.78. The number of aromatic carboxylic acids is 1. The van der Waals surface area contributed by atoms with Gasteiger partial charge in [-0.15, -0.1) is 0 Å². The minimum absolute atomic E-state index is 0.176. The van der Waals surface area contributed by atoms with Crippen molar-refractivity contribution in [1.82, 2.24) is 0 Å². The molecule has 0 saturated carbocycles. The summed E-state index contributed by atoms with van der Waals surface area (Å²) < 4.78 is 24.2. The fraction of sp³-hybridized carbons (Fsp3) is 0.174. The molecule has 0 unspecified atom stereocenters. The van der Waals surface area contributed by atoms with E-state index < -0.39 is 5.97 Å². The minimum Gasteiger partial charge on any atom is -0.545 e. The Bertz CT molecular complexity index is 956. The maximum absolute atomic E-state index is 13.0. The van der Waals surface area contributed by atoms with Gasteiger partial charge in [-0.3, -0.25) is 0 Å². The molecule has 0 heterocycles. The average molecular weight is 395 g/mol. The molecule has 0 atom stereocenters. The van der Waals surface area contributed by atoms with Gasteiger partial charge in [0.25, 0.3) is 0 Å². The largest absolute Gasteiger partial charge is 0.545 e. The lowest BCUT2D eigenvalue weighted by molar-refractivity contribution is -0.686. The first-order chi connectivity index (χ1) is 14.0. The third-order valence-corrected chi connectivity index (χ3v) is 4.49. The van der Waals surface area contributed by atoms with E-state index in [2.05, 4.69) is 5.32 Å². The summed E-state index contributed by atoms with van der Waals surface area (Å²) in [5.41, 5.74) is 3.15. The number of ether oxygens (including phenoxy) is 2. The number of carbonyl (C=O) groups is 1. The first-order valence-corrected chi connectivity index (χ1v) is 9.21. The van der Waals surface area contributed by atoms with Gasteiger partial charge < -0.3 is 24.7 Å². The Morgan fingerprint density at radius 1 is 0.897 bits per heavy atom. The van der Waals surface area contributed by atoms with Gasteiger partial charge in [0, 0.05) is 11.1 Å². The van der Waals surface area contributed by atoms with Crippen molar-refractivity contribution in [1.29, 1.82) is 0 Å². The number of carboxylic acids is 1. The van der Waals surface area contributed by atoms with E-state index in [4.69, 9.17) is 9.47 Å². The van der Waals surface area contributed by atoms with Gasteiger partial charge in [-0.05, 0) is 41.5 Å². The highest BCUT2D eigenvalue weighted by atomic mass is 19.1. The van der Waals surface area contributed by atoms with Crippen LogP contribution in [0.5, 0.6) is 11.5 Å². The number of hydrogen-bond acceptors (Lipinski definition) is 4. The van der Waals surface area contributed by atoms with Crippen LogP contribution in [0, 0.1) is 5.82 Å². The number of hydrogen-bond donors (Lipinski definition) is 1. The van der Waals surface area contributed by atoms with Crippen LogP contribution in [-0.4, -0.2) is 13.1 Å². The lowest BCUT2D eigenvalue weighted by Gasteiger charge is -2.12. The second-order valence-electron chi connectivity index (χ2n) is 6.58. The highest BCUT2D eigenvalue weighted by Gasteiger charge is 2.08. The van der Waals surface area contributed by atoms with Crippen molar-refractivity contribution in [3.8, 4) is 11.5 Å². The average Bonchev–Trinajstić information content (AvgIpc) is 2.74. The standard InChI is InChI=1S/C23H22FNO4/c1-28-22-12-18(14-25-13-16-2-7-19(8-3-16)23(26)27)6-11-21(22)29-15-17-4-9-20(24)10-5-17/h2-12,25H,13-15H2,1H3,(H,26,27). The van der Waals surface area contributed by atoms with Gasteiger partial charge in [-0.1, -0.05) is 36.4 Å². The third kappa shape index (κ3) is 5.80. The number of nitrogens with two attached hydrogens (primary N) is 1. The van der Waals surface area contributed by atoms with E-state index in [-0.39, 0.29) is 11.4 Å². The zero-order chi connectivity index (χ0) is 20.6. The predicted octanol–water partition coefficient (Wildman–Crippen LogP) is 2.04. The van der Waals surface area contributed by atoms with Crippen LogP contribution in [0.4, 0.5) is 4.39 Å². The van der Waals surface area contributed by atoms with Crippen molar-refractivity contribution in [3.05, 3.63) is 94.8 Å². The molecule has 6 heteroatoms. The SMILES string of the molecule is COc1cc(C[NH2+]Cc2ccc(C(=O)[O-])cc2)ccc1OCc1ccc(F)cc1. The van der Waals surface area contributed by atoms with E-state index in [1.54, 1.807) is 43.5 Å². The van der Waals surface area contributed by atoms with Crippen LogP contribution in [0.3, 0.4) is 0 Å². The van der Waals surface area contributed by atoms with E-state index in [1.807, 2.05) is 18.2 Å². The van der Waals surface area contributed by atoms with E-state index in [9.17, 15) is 14.3 Å². The normalized spacial score (nSPS) is 10.6. The highest BCUT2D eigenvalue weighted by molar-refractivity contribution is 5.85. The number of quaternary nitrogens is 1. The molecule has 29 heavy (non-hydrogen) atoms. The molecule has 0 aliphatic heterocycles. The maximum Gasteiger partial charge on any atom is 0.161 e. The molecule has 0 amide bonds. The van der Waals surface area contributed by atoms with E-state index in [0.717, 1.165) is 29.8 Å². The molecular weight excluding hydrogens is 373 g/mol. The van der Waals surface area contributed by atoms with Crippen LogP contribution in [-0.2, 0) is 19.7 Å². The van der Waals surface area contributed by atoms with Crippen molar-refractivity contribution in [2.45, 2.75) is 19.7 Å². The van der Waals surface area contributed by atoms with Gasteiger partial charge >= 0.3 is 0 Å². The number of halogens is 1. The van der Waals surface area contributed by atoms with E-state index in [0.29, 0.717) is 18.1 Å². The Labute approximate surface area is 168 Å². The molecular formula is C23H22FNO4. The van der Waals surface area contributed by atoms with Crippen molar-refractivity contribution in [2.75, 3.05) is 7.11 Å². The van der Waals surface area contributed by atoms with Crippen molar-refractivity contribution < 1.29 is 29.1 Å². The summed E-state index contributed by atoms with van der Waals surface area (Å²) in [4.78, 5) is 10.8. The quantitative estimate of drug-likeness (QED) is 0.602. The summed E-state index contributed by atoms with van der Waals surface area (Å²) in [5, 5.41) is 12.9. The second-order valence-corrected chi connectivity index (χ2v) is 6.58. The summed E-state index contributed by atoms with van der Waals surface area (Å²) in [5.74, 6) is -0.189. The zero-order valence-corrected chi connectivity index (χ0v) is 16.1. The van der Waals surface area contributed by atoms with Crippen molar-refractivity contribution >= 4 is 5.97 Å². The molecule has 0 aliphatic rings. The summed E-state index contributed by atoms with van der Waals surface area (Å²) in [7, 11) is 1.59. The van der Waals surface area contributed by atoms with Gasteiger partial charge in [0.1, 0.15) is 25.5 Å². The number of carbonyl (C=O) groups excluding carboxylic acids is 1. The molecule has 5 nitrogen and oxygen atoms in total. The molecule has 150 valence electrons. The molecule has 0 bridgehead atoms. The van der Waals surface area contributed by atoms with Crippen LogP contribution < -0.4 is 19.9 Å². The molecule has 0 aromatic heterocycles. The Hall–Kier alpha value is -3.38. The molecule has 0 fully saturated rings. The fourth-order valence-corrected chi connectivity index (χ4v) is 2.88. The van der Waals surface area contributed by atoms with Crippen LogP contribution >= 0.6 is 0 Å².